The minimum atomic E-state index is -0.529. The zero-order valence-corrected chi connectivity index (χ0v) is 13.3. The van der Waals surface area contributed by atoms with Crippen LogP contribution in [0.3, 0.4) is 0 Å². The fourth-order valence-corrected chi connectivity index (χ4v) is 3.24. The van der Waals surface area contributed by atoms with Crippen LogP contribution in [0.15, 0.2) is 12.1 Å². The highest BCUT2D eigenvalue weighted by Crippen LogP contribution is 2.43. The molecule has 21 heavy (non-hydrogen) atoms. The second kappa shape index (κ2) is 7.23. The summed E-state index contributed by atoms with van der Waals surface area (Å²) >= 11 is 6.06. The van der Waals surface area contributed by atoms with Gasteiger partial charge >= 0.3 is 0 Å². The molecule has 1 saturated heterocycles. The molecule has 0 spiro atoms. The normalized spacial score (nSPS) is 20.9. The molecule has 0 aromatic heterocycles. The molecule has 3 rings (SSSR count). The topological polar surface area (TPSA) is 15.3 Å². The molecule has 1 aromatic rings. The first-order chi connectivity index (χ1) is 9.66. The lowest BCUT2D eigenvalue weighted by Crippen LogP contribution is -2.45. The quantitative estimate of drug-likeness (QED) is 0.841. The molecule has 0 unspecified atom stereocenters. The molecule has 0 radical (unpaired) electrons. The SMILES string of the molecule is Cl.Fc1ccc(F)c([C@@H](CC2CC2)N2CCNCC2)c1Cl. The summed E-state index contributed by atoms with van der Waals surface area (Å²) < 4.78 is 27.9. The van der Waals surface area contributed by atoms with E-state index in [0.29, 0.717) is 11.5 Å². The van der Waals surface area contributed by atoms with Crippen molar-refractivity contribution in [3.05, 3.63) is 34.4 Å². The van der Waals surface area contributed by atoms with Gasteiger partial charge in [-0.1, -0.05) is 24.4 Å². The van der Waals surface area contributed by atoms with Gasteiger partial charge in [0, 0.05) is 37.8 Å². The number of hydrogen-bond acceptors (Lipinski definition) is 2. The smallest absolute Gasteiger partial charge is 0.142 e. The molecule has 1 aromatic carbocycles. The zero-order valence-electron chi connectivity index (χ0n) is 11.7. The number of hydrogen-bond donors (Lipinski definition) is 1. The minimum absolute atomic E-state index is 0. The summed E-state index contributed by atoms with van der Waals surface area (Å²) in [6.45, 7) is 3.47. The van der Waals surface area contributed by atoms with Crippen LogP contribution in [0.5, 0.6) is 0 Å². The molecule has 1 saturated carbocycles. The Morgan fingerprint density at radius 1 is 1.19 bits per heavy atom. The molecule has 2 aliphatic rings. The van der Waals surface area contributed by atoms with Crippen molar-refractivity contribution in [1.82, 2.24) is 10.2 Å². The molecule has 1 atom stereocenters. The molecular formula is C15H20Cl2F2N2. The third kappa shape index (κ3) is 3.86. The van der Waals surface area contributed by atoms with Crippen molar-refractivity contribution >= 4 is 24.0 Å². The molecule has 1 aliphatic carbocycles. The lowest BCUT2D eigenvalue weighted by molar-refractivity contribution is 0.157. The van der Waals surface area contributed by atoms with Crippen molar-refractivity contribution in [2.75, 3.05) is 26.2 Å². The standard InChI is InChI=1S/C15H19ClF2N2.ClH/c16-15-12(18)4-3-11(17)14(15)13(9-10-1-2-10)20-7-5-19-6-8-20;/h3-4,10,13,19H,1-2,5-9H2;1H/t13-;/m1./s1. The Morgan fingerprint density at radius 2 is 1.81 bits per heavy atom. The lowest BCUT2D eigenvalue weighted by Gasteiger charge is -2.36. The Morgan fingerprint density at radius 3 is 2.43 bits per heavy atom. The maximum atomic E-state index is 14.2. The Kier molecular flexibility index (Phi) is 5.83. The highest BCUT2D eigenvalue weighted by molar-refractivity contribution is 6.31. The summed E-state index contributed by atoms with van der Waals surface area (Å²) in [5, 5.41) is 3.24. The van der Waals surface area contributed by atoms with E-state index in [4.69, 9.17) is 11.6 Å². The van der Waals surface area contributed by atoms with Gasteiger partial charge in [0.2, 0.25) is 0 Å². The van der Waals surface area contributed by atoms with Gasteiger partial charge < -0.3 is 5.32 Å². The zero-order chi connectivity index (χ0) is 14.1. The van der Waals surface area contributed by atoms with Crippen molar-refractivity contribution in [2.24, 2.45) is 5.92 Å². The first kappa shape index (κ1) is 16.9. The van der Waals surface area contributed by atoms with Crippen LogP contribution in [0.4, 0.5) is 8.78 Å². The first-order valence-electron chi connectivity index (χ1n) is 7.25. The second-order valence-corrected chi connectivity index (χ2v) is 6.12. The number of rotatable bonds is 4. The molecule has 1 aliphatic heterocycles. The van der Waals surface area contributed by atoms with E-state index in [-0.39, 0.29) is 29.3 Å². The Hall–Kier alpha value is -0.420. The molecule has 0 bridgehead atoms. The van der Waals surface area contributed by atoms with Gasteiger partial charge in [0.25, 0.3) is 0 Å². The molecule has 6 heteroatoms. The van der Waals surface area contributed by atoms with E-state index in [1.54, 1.807) is 0 Å². The number of nitrogens with one attached hydrogen (secondary N) is 1. The van der Waals surface area contributed by atoms with Crippen molar-refractivity contribution in [3.63, 3.8) is 0 Å². The Balaban J connectivity index is 0.00000161. The van der Waals surface area contributed by atoms with Crippen LogP contribution >= 0.6 is 24.0 Å². The molecule has 1 N–H and O–H groups in total. The van der Waals surface area contributed by atoms with Crippen molar-refractivity contribution in [3.8, 4) is 0 Å². The lowest BCUT2D eigenvalue weighted by atomic mass is 9.97. The molecular weight excluding hydrogens is 317 g/mol. The average molecular weight is 337 g/mol. The predicted molar refractivity (Wildman–Crippen MR) is 83.1 cm³/mol. The summed E-state index contributed by atoms with van der Waals surface area (Å²) in [6.07, 6.45) is 3.26. The third-order valence-electron chi connectivity index (χ3n) is 4.26. The summed E-state index contributed by atoms with van der Waals surface area (Å²) in [5.41, 5.74) is 0.348. The van der Waals surface area contributed by atoms with Gasteiger partial charge in [-0.3, -0.25) is 4.90 Å². The van der Waals surface area contributed by atoms with Gasteiger partial charge in [-0.2, -0.15) is 0 Å². The fraction of sp³-hybridized carbons (Fsp3) is 0.600. The number of nitrogens with zero attached hydrogens (tertiary/aromatic N) is 1. The summed E-state index contributed by atoms with van der Waals surface area (Å²) in [5.74, 6) is -0.284. The van der Waals surface area contributed by atoms with Crippen molar-refractivity contribution in [2.45, 2.75) is 25.3 Å². The van der Waals surface area contributed by atoms with E-state index in [1.165, 1.54) is 18.9 Å². The Labute approximate surface area is 135 Å². The molecule has 2 nitrogen and oxygen atoms in total. The molecule has 0 amide bonds. The minimum Gasteiger partial charge on any atom is -0.314 e. The van der Waals surface area contributed by atoms with Crippen LogP contribution < -0.4 is 5.32 Å². The first-order valence-corrected chi connectivity index (χ1v) is 7.63. The highest BCUT2D eigenvalue weighted by Gasteiger charge is 2.33. The van der Waals surface area contributed by atoms with Crippen LogP contribution in [0, 0.1) is 17.6 Å². The molecule has 2 fully saturated rings. The predicted octanol–water partition coefficient (Wildman–Crippen LogP) is 3.79. The third-order valence-corrected chi connectivity index (χ3v) is 4.64. The number of benzene rings is 1. The van der Waals surface area contributed by atoms with Gasteiger partial charge in [-0.05, 0) is 24.5 Å². The molecule has 118 valence electrons. The number of piperazine rings is 1. The summed E-state index contributed by atoms with van der Waals surface area (Å²) in [7, 11) is 0. The summed E-state index contributed by atoms with van der Waals surface area (Å²) in [4.78, 5) is 2.23. The van der Waals surface area contributed by atoms with E-state index in [2.05, 4.69) is 10.2 Å². The van der Waals surface area contributed by atoms with Gasteiger partial charge in [0.15, 0.2) is 0 Å². The monoisotopic (exact) mass is 336 g/mol. The largest absolute Gasteiger partial charge is 0.314 e. The van der Waals surface area contributed by atoms with E-state index in [0.717, 1.165) is 38.7 Å². The van der Waals surface area contributed by atoms with E-state index in [9.17, 15) is 8.78 Å². The van der Waals surface area contributed by atoms with Crippen LogP contribution in [0.25, 0.3) is 0 Å². The number of halogens is 4. The maximum Gasteiger partial charge on any atom is 0.142 e. The van der Waals surface area contributed by atoms with E-state index >= 15 is 0 Å². The average Bonchev–Trinajstić information content (AvgIpc) is 3.27. The van der Waals surface area contributed by atoms with Crippen LogP contribution in [-0.4, -0.2) is 31.1 Å². The molecule has 1 heterocycles. The van der Waals surface area contributed by atoms with Gasteiger partial charge in [-0.25, -0.2) is 8.78 Å². The van der Waals surface area contributed by atoms with Crippen LogP contribution in [0.1, 0.15) is 30.9 Å². The van der Waals surface area contributed by atoms with E-state index < -0.39 is 5.82 Å². The Bertz CT molecular complexity index is 489. The van der Waals surface area contributed by atoms with Crippen LogP contribution in [-0.2, 0) is 0 Å². The van der Waals surface area contributed by atoms with Crippen LogP contribution in [0.2, 0.25) is 5.02 Å². The van der Waals surface area contributed by atoms with Crippen molar-refractivity contribution < 1.29 is 8.78 Å². The van der Waals surface area contributed by atoms with Gasteiger partial charge in [-0.15, -0.1) is 12.4 Å². The van der Waals surface area contributed by atoms with Crippen molar-refractivity contribution in [1.29, 1.82) is 0 Å². The maximum absolute atomic E-state index is 14.2. The van der Waals surface area contributed by atoms with Gasteiger partial charge in [0.1, 0.15) is 11.6 Å². The van der Waals surface area contributed by atoms with Gasteiger partial charge in [0.05, 0.1) is 5.02 Å². The second-order valence-electron chi connectivity index (χ2n) is 5.74. The van der Waals surface area contributed by atoms with E-state index in [1.807, 2.05) is 0 Å². The fourth-order valence-electron chi connectivity index (χ4n) is 2.96. The summed E-state index contributed by atoms with van der Waals surface area (Å²) in [6, 6.07) is 2.19. The highest BCUT2D eigenvalue weighted by atomic mass is 35.5.